The third kappa shape index (κ3) is 2.94. The fourth-order valence-electron chi connectivity index (χ4n) is 1.99. The first-order valence-corrected chi connectivity index (χ1v) is 6.63. The molecule has 1 aromatic heterocycles. The van der Waals surface area contributed by atoms with Gasteiger partial charge in [0, 0.05) is 24.7 Å². The lowest BCUT2D eigenvalue weighted by Crippen LogP contribution is -2.10. The molecule has 1 atom stereocenters. The number of nitrogens with two attached hydrogens (primary N) is 1. The van der Waals surface area contributed by atoms with Gasteiger partial charge < -0.3 is 10.5 Å². The topological polar surface area (TPSA) is 53.1 Å². The van der Waals surface area contributed by atoms with Crippen molar-refractivity contribution in [2.24, 2.45) is 12.8 Å². The van der Waals surface area contributed by atoms with Gasteiger partial charge in [-0.25, -0.2) is 4.39 Å². The maximum absolute atomic E-state index is 13.3. The Hall–Kier alpha value is -1.59. The fourth-order valence-corrected chi connectivity index (χ4v) is 2.21. The monoisotopic (exact) mass is 297 g/mol. The zero-order valence-corrected chi connectivity index (χ0v) is 12.4. The average Bonchev–Trinajstić information content (AvgIpc) is 2.61. The molecule has 0 bridgehead atoms. The summed E-state index contributed by atoms with van der Waals surface area (Å²) in [5.74, 6) is 0.0617. The summed E-state index contributed by atoms with van der Waals surface area (Å²) in [5.41, 5.74) is 8.08. The lowest BCUT2D eigenvalue weighted by atomic mass is 10.1. The van der Waals surface area contributed by atoms with Crippen molar-refractivity contribution in [2.45, 2.75) is 26.5 Å². The van der Waals surface area contributed by atoms with Crippen molar-refractivity contribution in [2.75, 3.05) is 0 Å². The van der Waals surface area contributed by atoms with Gasteiger partial charge in [0.15, 0.2) is 0 Å². The molecule has 0 saturated carbocycles. The van der Waals surface area contributed by atoms with Gasteiger partial charge in [-0.15, -0.1) is 0 Å². The van der Waals surface area contributed by atoms with Crippen molar-refractivity contribution in [3.8, 4) is 5.75 Å². The molecule has 0 fully saturated rings. The van der Waals surface area contributed by atoms with Crippen molar-refractivity contribution in [1.29, 1.82) is 0 Å². The zero-order valence-electron chi connectivity index (χ0n) is 11.7. The van der Waals surface area contributed by atoms with Gasteiger partial charge in [-0.2, -0.15) is 5.10 Å². The molecule has 2 N–H and O–H groups in total. The van der Waals surface area contributed by atoms with Crippen LogP contribution in [0, 0.1) is 12.7 Å². The number of benzene rings is 1. The summed E-state index contributed by atoms with van der Waals surface area (Å²) in [6.07, 6.45) is 0. The second-order valence-corrected chi connectivity index (χ2v) is 5.11. The Labute approximate surface area is 122 Å². The van der Waals surface area contributed by atoms with Gasteiger partial charge >= 0.3 is 0 Å². The smallest absolute Gasteiger partial charge is 0.131 e. The Morgan fingerprint density at radius 3 is 2.75 bits per heavy atom. The minimum absolute atomic E-state index is 0.208. The molecule has 6 heteroatoms. The van der Waals surface area contributed by atoms with E-state index >= 15 is 0 Å². The molecule has 2 aromatic rings. The minimum atomic E-state index is -0.364. The second kappa shape index (κ2) is 5.81. The van der Waals surface area contributed by atoms with Crippen LogP contribution in [0.1, 0.15) is 29.9 Å². The van der Waals surface area contributed by atoms with Crippen LogP contribution in [0.4, 0.5) is 4.39 Å². The van der Waals surface area contributed by atoms with Gasteiger partial charge in [0.1, 0.15) is 18.2 Å². The van der Waals surface area contributed by atoms with Crippen molar-refractivity contribution >= 4 is 11.6 Å². The van der Waals surface area contributed by atoms with Gasteiger partial charge in [-0.1, -0.05) is 17.7 Å². The van der Waals surface area contributed by atoms with Crippen molar-refractivity contribution in [3.05, 3.63) is 46.0 Å². The van der Waals surface area contributed by atoms with Gasteiger partial charge in [-0.05, 0) is 19.9 Å². The van der Waals surface area contributed by atoms with E-state index in [-0.39, 0.29) is 18.5 Å². The van der Waals surface area contributed by atoms with Gasteiger partial charge in [0.25, 0.3) is 0 Å². The van der Waals surface area contributed by atoms with E-state index in [9.17, 15) is 4.39 Å². The van der Waals surface area contributed by atoms with Crippen LogP contribution >= 0.6 is 11.6 Å². The van der Waals surface area contributed by atoms with Crippen molar-refractivity contribution in [1.82, 2.24) is 9.78 Å². The van der Waals surface area contributed by atoms with E-state index in [0.29, 0.717) is 10.8 Å². The standard InChI is InChI=1S/C14H17ClFN3O/c1-8(17)11-5-4-10(16)6-13(11)20-7-12-14(15)9(2)18-19(12)3/h4-6,8H,7,17H2,1-3H3/t8-/m1/s1. The molecule has 0 aliphatic rings. The second-order valence-electron chi connectivity index (χ2n) is 4.73. The molecule has 0 spiro atoms. The summed E-state index contributed by atoms with van der Waals surface area (Å²) < 4.78 is 20.7. The number of nitrogens with zero attached hydrogens (tertiary/aromatic N) is 2. The summed E-state index contributed by atoms with van der Waals surface area (Å²) in [6, 6.07) is 4.09. The minimum Gasteiger partial charge on any atom is -0.487 e. The Kier molecular flexibility index (Phi) is 4.30. The number of rotatable bonds is 4. The molecule has 0 saturated heterocycles. The van der Waals surface area contributed by atoms with Crippen LogP contribution in [0.3, 0.4) is 0 Å². The van der Waals surface area contributed by atoms with Gasteiger partial charge in [-0.3, -0.25) is 4.68 Å². The first kappa shape index (κ1) is 14.8. The van der Waals surface area contributed by atoms with Crippen LogP contribution in [-0.2, 0) is 13.7 Å². The molecule has 20 heavy (non-hydrogen) atoms. The van der Waals surface area contributed by atoms with Crippen LogP contribution in [0.5, 0.6) is 5.75 Å². The van der Waals surface area contributed by atoms with Crippen LogP contribution < -0.4 is 10.5 Å². The molecule has 0 amide bonds. The number of ether oxygens (including phenoxy) is 1. The van der Waals surface area contributed by atoms with Crippen LogP contribution in [0.25, 0.3) is 0 Å². The highest BCUT2D eigenvalue weighted by molar-refractivity contribution is 6.31. The summed E-state index contributed by atoms with van der Waals surface area (Å²) >= 11 is 6.15. The first-order valence-electron chi connectivity index (χ1n) is 6.26. The lowest BCUT2D eigenvalue weighted by molar-refractivity contribution is 0.289. The third-order valence-electron chi connectivity index (χ3n) is 3.09. The van der Waals surface area contributed by atoms with E-state index in [4.69, 9.17) is 22.1 Å². The Balaban J connectivity index is 2.24. The quantitative estimate of drug-likeness (QED) is 0.943. The third-order valence-corrected chi connectivity index (χ3v) is 3.58. The van der Waals surface area contributed by atoms with E-state index in [1.807, 2.05) is 13.8 Å². The number of aryl methyl sites for hydroxylation is 2. The normalized spacial score (nSPS) is 12.5. The highest BCUT2D eigenvalue weighted by atomic mass is 35.5. The van der Waals surface area contributed by atoms with Crippen LogP contribution in [0.15, 0.2) is 18.2 Å². The van der Waals surface area contributed by atoms with Crippen LogP contribution in [-0.4, -0.2) is 9.78 Å². The first-order chi connectivity index (χ1) is 9.40. The Morgan fingerprint density at radius 2 is 2.20 bits per heavy atom. The number of halogens is 2. The largest absolute Gasteiger partial charge is 0.487 e. The maximum atomic E-state index is 13.3. The molecule has 4 nitrogen and oxygen atoms in total. The molecule has 108 valence electrons. The summed E-state index contributed by atoms with van der Waals surface area (Å²) in [7, 11) is 1.79. The zero-order chi connectivity index (χ0) is 14.9. The van der Waals surface area contributed by atoms with E-state index in [1.54, 1.807) is 17.8 Å². The highest BCUT2D eigenvalue weighted by Gasteiger charge is 2.14. The summed E-state index contributed by atoms with van der Waals surface area (Å²) in [5, 5.41) is 4.77. The lowest BCUT2D eigenvalue weighted by Gasteiger charge is -2.14. The molecular formula is C14H17ClFN3O. The SMILES string of the molecule is Cc1nn(C)c(COc2cc(F)ccc2[C@@H](C)N)c1Cl. The van der Waals surface area contributed by atoms with E-state index in [1.165, 1.54) is 12.1 Å². The Bertz CT molecular complexity index is 625. The van der Waals surface area contributed by atoms with Gasteiger partial charge in [0.2, 0.25) is 0 Å². The van der Waals surface area contributed by atoms with Crippen molar-refractivity contribution < 1.29 is 9.13 Å². The molecule has 0 radical (unpaired) electrons. The number of aromatic nitrogens is 2. The summed E-state index contributed by atoms with van der Waals surface area (Å²) in [6.45, 7) is 3.85. The number of hydrogen-bond donors (Lipinski definition) is 1. The van der Waals surface area contributed by atoms with Crippen molar-refractivity contribution in [3.63, 3.8) is 0 Å². The Morgan fingerprint density at radius 1 is 1.50 bits per heavy atom. The van der Waals surface area contributed by atoms with E-state index in [2.05, 4.69) is 5.10 Å². The van der Waals surface area contributed by atoms with E-state index in [0.717, 1.165) is 17.0 Å². The van der Waals surface area contributed by atoms with Crippen LogP contribution in [0.2, 0.25) is 5.02 Å². The van der Waals surface area contributed by atoms with Gasteiger partial charge in [0.05, 0.1) is 16.4 Å². The predicted octanol–water partition coefficient (Wildman–Crippen LogP) is 3.12. The average molecular weight is 298 g/mol. The number of hydrogen-bond acceptors (Lipinski definition) is 3. The fraction of sp³-hybridized carbons (Fsp3) is 0.357. The summed E-state index contributed by atoms with van der Waals surface area (Å²) in [4.78, 5) is 0. The molecular weight excluding hydrogens is 281 g/mol. The molecule has 0 aliphatic carbocycles. The molecule has 0 aliphatic heterocycles. The van der Waals surface area contributed by atoms with E-state index < -0.39 is 0 Å². The highest BCUT2D eigenvalue weighted by Crippen LogP contribution is 2.27. The molecule has 1 aromatic carbocycles. The molecule has 0 unspecified atom stereocenters. The molecule has 2 rings (SSSR count). The molecule has 1 heterocycles. The predicted molar refractivity (Wildman–Crippen MR) is 76.3 cm³/mol. The maximum Gasteiger partial charge on any atom is 0.131 e.